The molecule has 0 unspecified atom stereocenters. The van der Waals surface area contributed by atoms with Crippen LogP contribution in [0.4, 0.5) is 0 Å². The number of carbonyl (C=O) groups excluding carboxylic acids is 1. The average molecular weight is 290 g/mol. The first-order valence-corrected chi connectivity index (χ1v) is 8.03. The van der Waals surface area contributed by atoms with Crippen LogP contribution in [0.25, 0.3) is 0 Å². The minimum Gasteiger partial charge on any atom is -0.478 e. The van der Waals surface area contributed by atoms with E-state index in [0.717, 1.165) is 44.9 Å². The number of carboxylic acids is 1. The number of ether oxygens (including phenoxy) is 1. The second kappa shape index (κ2) is 5.66. The molecule has 1 N–H and O–H groups in total. The fraction of sp³-hybridized carbons (Fsp3) is 0.647. The van der Waals surface area contributed by atoms with E-state index in [-0.39, 0.29) is 5.57 Å². The highest BCUT2D eigenvalue weighted by molar-refractivity contribution is 6.06. The summed E-state index contributed by atoms with van der Waals surface area (Å²) >= 11 is 0. The summed E-state index contributed by atoms with van der Waals surface area (Å²) in [5.74, 6) is -1.43. The highest BCUT2D eigenvalue weighted by Gasteiger charge is 2.50. The zero-order chi connectivity index (χ0) is 14.9. The van der Waals surface area contributed by atoms with Gasteiger partial charge in [-0.25, -0.2) is 9.59 Å². The Morgan fingerprint density at radius 2 is 1.67 bits per heavy atom. The molecule has 3 aliphatic rings. The summed E-state index contributed by atoms with van der Waals surface area (Å²) in [4.78, 5) is 24.0. The minimum atomic E-state index is -0.995. The highest BCUT2D eigenvalue weighted by Crippen LogP contribution is 2.44. The standard InChI is InChI=1S/C17H22O4/c18-15(19)14-13(11-12-7-3-1-4-8-12)16(20)21-17(14)9-5-2-6-10-17/h11H,1-10H2,(H,18,19). The molecule has 0 atom stereocenters. The van der Waals surface area contributed by atoms with E-state index in [1.54, 1.807) is 0 Å². The fourth-order valence-corrected chi connectivity index (χ4v) is 3.90. The summed E-state index contributed by atoms with van der Waals surface area (Å²) in [5.41, 5.74) is 0.855. The van der Waals surface area contributed by atoms with Crippen LogP contribution in [0.2, 0.25) is 0 Å². The van der Waals surface area contributed by atoms with Gasteiger partial charge in [-0.2, -0.15) is 0 Å². The fourth-order valence-electron chi connectivity index (χ4n) is 3.90. The Morgan fingerprint density at radius 1 is 1.05 bits per heavy atom. The quantitative estimate of drug-likeness (QED) is 0.790. The van der Waals surface area contributed by atoms with Crippen LogP contribution in [-0.4, -0.2) is 22.6 Å². The first-order valence-electron chi connectivity index (χ1n) is 8.03. The minimum absolute atomic E-state index is 0.213. The summed E-state index contributed by atoms with van der Waals surface area (Å²) in [6, 6.07) is 0. The lowest BCUT2D eigenvalue weighted by Gasteiger charge is -2.32. The van der Waals surface area contributed by atoms with E-state index in [4.69, 9.17) is 4.74 Å². The number of aliphatic carboxylic acids is 1. The molecule has 0 saturated heterocycles. The summed E-state index contributed by atoms with van der Waals surface area (Å²) in [6.45, 7) is 0. The second-order valence-corrected chi connectivity index (χ2v) is 6.40. The van der Waals surface area contributed by atoms with Gasteiger partial charge in [-0.15, -0.1) is 0 Å². The normalized spacial score (nSPS) is 25.1. The van der Waals surface area contributed by atoms with Crippen molar-refractivity contribution in [1.29, 1.82) is 0 Å². The van der Waals surface area contributed by atoms with Gasteiger partial charge in [0.25, 0.3) is 0 Å². The van der Waals surface area contributed by atoms with Crippen molar-refractivity contribution in [3.05, 3.63) is 22.8 Å². The van der Waals surface area contributed by atoms with Gasteiger partial charge in [-0.3, -0.25) is 0 Å². The largest absolute Gasteiger partial charge is 0.478 e. The van der Waals surface area contributed by atoms with E-state index in [2.05, 4.69) is 0 Å². The molecular weight excluding hydrogens is 268 g/mol. The maximum Gasteiger partial charge on any atom is 0.339 e. The first kappa shape index (κ1) is 14.4. The number of hydrogen-bond donors (Lipinski definition) is 1. The Kier molecular flexibility index (Phi) is 3.87. The van der Waals surface area contributed by atoms with Crippen molar-refractivity contribution in [2.75, 3.05) is 0 Å². The summed E-state index contributed by atoms with van der Waals surface area (Å²) in [6.07, 6.45) is 11.5. The summed E-state index contributed by atoms with van der Waals surface area (Å²) < 4.78 is 5.58. The van der Waals surface area contributed by atoms with Gasteiger partial charge >= 0.3 is 11.9 Å². The van der Waals surface area contributed by atoms with Crippen molar-refractivity contribution in [2.45, 2.75) is 69.8 Å². The molecule has 114 valence electrons. The van der Waals surface area contributed by atoms with E-state index in [1.807, 2.05) is 6.08 Å². The molecule has 2 saturated carbocycles. The molecule has 4 nitrogen and oxygen atoms in total. The maximum atomic E-state index is 12.2. The predicted molar refractivity (Wildman–Crippen MR) is 77.7 cm³/mol. The Bertz CT molecular complexity index is 513. The maximum absolute atomic E-state index is 12.2. The summed E-state index contributed by atoms with van der Waals surface area (Å²) in [7, 11) is 0. The van der Waals surface area contributed by atoms with Gasteiger partial charge < -0.3 is 9.84 Å². The van der Waals surface area contributed by atoms with Gasteiger partial charge in [0.15, 0.2) is 0 Å². The molecule has 1 aliphatic heterocycles. The van der Waals surface area contributed by atoms with Crippen LogP contribution in [0.5, 0.6) is 0 Å². The van der Waals surface area contributed by atoms with Crippen molar-refractivity contribution >= 4 is 11.9 Å². The zero-order valence-corrected chi connectivity index (χ0v) is 12.3. The molecular formula is C17H22O4. The number of allylic oxidation sites excluding steroid dienone is 1. The third-order valence-electron chi connectivity index (χ3n) is 4.95. The monoisotopic (exact) mass is 290 g/mol. The third-order valence-corrected chi connectivity index (χ3v) is 4.95. The Labute approximate surface area is 124 Å². The molecule has 2 fully saturated rings. The van der Waals surface area contributed by atoms with Gasteiger partial charge in [-0.1, -0.05) is 18.4 Å². The van der Waals surface area contributed by atoms with Crippen LogP contribution in [0.1, 0.15) is 64.2 Å². The third kappa shape index (κ3) is 2.63. The number of esters is 1. The molecule has 0 aromatic heterocycles. The van der Waals surface area contributed by atoms with E-state index in [0.29, 0.717) is 18.4 Å². The van der Waals surface area contributed by atoms with Crippen LogP contribution < -0.4 is 0 Å². The van der Waals surface area contributed by atoms with Crippen molar-refractivity contribution < 1.29 is 19.4 Å². The van der Waals surface area contributed by atoms with E-state index < -0.39 is 17.5 Å². The van der Waals surface area contributed by atoms with Crippen molar-refractivity contribution in [3.63, 3.8) is 0 Å². The second-order valence-electron chi connectivity index (χ2n) is 6.40. The highest BCUT2D eigenvalue weighted by atomic mass is 16.6. The first-order chi connectivity index (χ1) is 10.1. The van der Waals surface area contributed by atoms with Crippen molar-refractivity contribution in [2.24, 2.45) is 0 Å². The van der Waals surface area contributed by atoms with Crippen LogP contribution in [-0.2, 0) is 14.3 Å². The van der Waals surface area contributed by atoms with E-state index in [9.17, 15) is 14.7 Å². The van der Waals surface area contributed by atoms with E-state index in [1.165, 1.54) is 12.0 Å². The number of rotatable bonds is 2. The SMILES string of the molecule is O=C(O)C1=C(C=C2CCCCC2)C(=O)OC12CCCCC2. The van der Waals surface area contributed by atoms with E-state index >= 15 is 0 Å². The molecule has 0 amide bonds. The molecule has 21 heavy (non-hydrogen) atoms. The molecule has 1 spiro atoms. The van der Waals surface area contributed by atoms with Crippen LogP contribution in [0.15, 0.2) is 22.8 Å². The molecule has 0 bridgehead atoms. The Morgan fingerprint density at radius 3 is 2.29 bits per heavy atom. The van der Waals surface area contributed by atoms with Crippen molar-refractivity contribution in [3.8, 4) is 0 Å². The smallest absolute Gasteiger partial charge is 0.339 e. The topological polar surface area (TPSA) is 63.6 Å². The Hall–Kier alpha value is -1.58. The van der Waals surface area contributed by atoms with Gasteiger partial charge in [0, 0.05) is 0 Å². The van der Waals surface area contributed by atoms with Crippen LogP contribution >= 0.6 is 0 Å². The van der Waals surface area contributed by atoms with Gasteiger partial charge in [-0.05, 0) is 57.4 Å². The lowest BCUT2D eigenvalue weighted by molar-refractivity contribution is -0.150. The Balaban J connectivity index is 2.00. The molecule has 4 heteroatoms. The lowest BCUT2D eigenvalue weighted by Crippen LogP contribution is -2.37. The summed E-state index contributed by atoms with van der Waals surface area (Å²) in [5, 5.41) is 9.63. The number of hydrogen-bond acceptors (Lipinski definition) is 3. The number of carbonyl (C=O) groups is 2. The molecule has 0 radical (unpaired) electrons. The number of carboxylic acid groups (broad SMARTS) is 1. The average Bonchev–Trinajstić information content (AvgIpc) is 2.73. The molecule has 0 aromatic carbocycles. The molecule has 1 heterocycles. The zero-order valence-electron chi connectivity index (χ0n) is 12.3. The molecule has 0 aromatic rings. The van der Waals surface area contributed by atoms with Crippen molar-refractivity contribution in [1.82, 2.24) is 0 Å². The van der Waals surface area contributed by atoms with Gasteiger partial charge in [0.1, 0.15) is 5.60 Å². The van der Waals surface area contributed by atoms with Crippen LogP contribution in [0.3, 0.4) is 0 Å². The van der Waals surface area contributed by atoms with Gasteiger partial charge in [0.05, 0.1) is 11.1 Å². The van der Waals surface area contributed by atoms with Gasteiger partial charge in [0.2, 0.25) is 0 Å². The predicted octanol–water partition coefficient (Wildman–Crippen LogP) is 3.52. The van der Waals surface area contributed by atoms with Crippen LogP contribution in [0, 0.1) is 0 Å². The molecule has 3 rings (SSSR count). The lowest BCUT2D eigenvalue weighted by atomic mass is 9.78. The molecule has 2 aliphatic carbocycles.